The van der Waals surface area contributed by atoms with E-state index in [0.29, 0.717) is 36.5 Å². The molecule has 0 aromatic heterocycles. The van der Waals surface area contributed by atoms with Crippen molar-refractivity contribution in [1.29, 1.82) is 0 Å². The van der Waals surface area contributed by atoms with E-state index in [9.17, 15) is 15.0 Å². The molecule has 4 aromatic carbocycles. The second kappa shape index (κ2) is 16.0. The Morgan fingerprint density at radius 2 is 1.90 bits per heavy atom. The SMILES string of the molecule is CN[C@@H]1C=Cc2c(c(O)cc3c2[C@H]2Oc4c(ccc5c4[C@@]4(CC[C@@H](C4)[C@H](CCc4ccccc4)C4=C(C#CC3)NC(N)C=C4)Cc3cc(O)cc(OC)c3-5)[C@@H]2COC(C)=O)OC1. The van der Waals surface area contributed by atoms with Crippen molar-refractivity contribution in [1.82, 2.24) is 10.6 Å². The smallest absolute Gasteiger partial charge is 0.302 e. The lowest BCUT2D eigenvalue weighted by Gasteiger charge is -2.40. The van der Waals surface area contributed by atoms with Crippen LogP contribution in [0.3, 0.4) is 0 Å². The monoisotopic (exact) mass is 831 g/mol. The molecule has 6 N–H and O–H groups in total. The molecule has 10 rings (SSSR count). The van der Waals surface area contributed by atoms with Crippen LogP contribution in [0.4, 0.5) is 0 Å². The molecule has 10 heteroatoms. The van der Waals surface area contributed by atoms with Crippen molar-refractivity contribution in [2.75, 3.05) is 27.4 Å². The summed E-state index contributed by atoms with van der Waals surface area (Å²) in [6.45, 7) is 1.85. The minimum atomic E-state index is -0.624. The first-order valence-corrected chi connectivity index (χ1v) is 21.9. The minimum Gasteiger partial charge on any atom is -0.508 e. The van der Waals surface area contributed by atoms with Crippen LogP contribution in [0.1, 0.15) is 83.6 Å². The zero-order valence-corrected chi connectivity index (χ0v) is 35.4. The predicted octanol–water partition coefficient (Wildman–Crippen LogP) is 7.65. The van der Waals surface area contributed by atoms with Crippen molar-refractivity contribution in [3.05, 3.63) is 129 Å². The van der Waals surface area contributed by atoms with Crippen molar-refractivity contribution < 1.29 is 34.0 Å². The molecule has 10 nitrogen and oxygen atoms in total. The maximum Gasteiger partial charge on any atom is 0.302 e. The van der Waals surface area contributed by atoms with Crippen molar-refractivity contribution in [3.63, 3.8) is 0 Å². The Kier molecular flexibility index (Phi) is 10.3. The third-order valence-electron chi connectivity index (χ3n) is 14.1. The Hall–Kier alpha value is -6.15. The number of aromatic hydroxyl groups is 2. The van der Waals surface area contributed by atoms with E-state index in [1.165, 1.54) is 18.1 Å². The Labute approximate surface area is 362 Å². The van der Waals surface area contributed by atoms with Gasteiger partial charge in [0.2, 0.25) is 0 Å². The largest absolute Gasteiger partial charge is 0.508 e. The molecule has 4 heterocycles. The highest BCUT2D eigenvalue weighted by atomic mass is 16.5. The molecule has 1 fully saturated rings. The van der Waals surface area contributed by atoms with Crippen molar-refractivity contribution in [3.8, 4) is 51.7 Å². The first-order chi connectivity index (χ1) is 30.1. The van der Waals surface area contributed by atoms with E-state index in [4.69, 9.17) is 24.7 Å². The highest BCUT2D eigenvalue weighted by Gasteiger charge is 2.52. The second-order valence-corrected chi connectivity index (χ2v) is 17.7. The Balaban J connectivity index is 1.24. The number of phenols is 2. The molecular formula is C52H53N3O7. The topological polar surface area (TPSA) is 145 Å². The Bertz CT molecular complexity index is 2620. The molecule has 4 aliphatic heterocycles. The number of carbonyl (C=O) groups is 1. The number of fused-ring (bicyclic) bond motifs is 8. The standard InChI is InChI=1S/C52H53N3O7/c1-29(56)60-28-41-38-16-17-39-46-33(22-35(57)24-44(46)59-3)26-52-21-20-32(25-52)36(14-12-30-8-5-4-6-9-30)37-18-19-45(53)55-42(37)11-7-10-31-23-43(58)49-40(15-13-34(54-2)27-61-49)47(31)50(41)62-51(38)48(39)52/h4-6,8-9,13,15-19,22-24,32,34,36,41,45,50,54-55,57-58H,10,12,14,20-21,25-28,53H2,1-3H3/t32-,34+,36-,41-,45?,50-,52+/m0/s1. The van der Waals surface area contributed by atoms with Gasteiger partial charge in [-0.15, -0.1) is 0 Å². The summed E-state index contributed by atoms with van der Waals surface area (Å²) in [5.74, 6) is 8.71. The first-order valence-electron chi connectivity index (χ1n) is 21.9. The lowest BCUT2D eigenvalue weighted by Crippen LogP contribution is -2.38. The summed E-state index contributed by atoms with van der Waals surface area (Å²) in [6.07, 6.45) is 12.8. The number of benzene rings is 4. The number of rotatable bonds is 7. The first kappa shape index (κ1) is 40.0. The zero-order chi connectivity index (χ0) is 42.7. The third kappa shape index (κ3) is 6.88. The Morgan fingerprint density at radius 3 is 2.71 bits per heavy atom. The van der Waals surface area contributed by atoms with Crippen LogP contribution < -0.4 is 30.6 Å². The summed E-state index contributed by atoms with van der Waals surface area (Å²) in [6, 6.07) is 20.2. The predicted molar refractivity (Wildman–Crippen MR) is 238 cm³/mol. The molecule has 4 aromatic rings. The zero-order valence-electron chi connectivity index (χ0n) is 35.4. The molecule has 6 aliphatic rings. The number of nitrogens with two attached hydrogens (primary N) is 1. The van der Waals surface area contributed by atoms with Gasteiger partial charge in [-0.25, -0.2) is 0 Å². The molecule has 2 aliphatic carbocycles. The number of hydrogen-bond donors (Lipinski definition) is 5. The summed E-state index contributed by atoms with van der Waals surface area (Å²) >= 11 is 0. The van der Waals surface area contributed by atoms with E-state index >= 15 is 0 Å². The van der Waals surface area contributed by atoms with Gasteiger partial charge in [0.05, 0.1) is 30.9 Å². The normalized spacial score (nSPS) is 26.1. The number of aryl methyl sites for hydroxylation is 1. The summed E-state index contributed by atoms with van der Waals surface area (Å²) in [4.78, 5) is 12.6. The van der Waals surface area contributed by atoms with E-state index < -0.39 is 12.0 Å². The molecule has 0 saturated heterocycles. The number of phenolic OH excluding ortho intramolecular Hbond substituents is 2. The Morgan fingerprint density at radius 1 is 1.05 bits per heavy atom. The average Bonchev–Trinajstić information content (AvgIpc) is 3.76. The number of esters is 1. The molecule has 318 valence electrons. The maximum absolute atomic E-state index is 12.6. The minimum absolute atomic E-state index is 0.0224. The van der Waals surface area contributed by atoms with E-state index in [1.807, 2.05) is 25.3 Å². The fourth-order valence-corrected chi connectivity index (χ4v) is 11.4. The van der Waals surface area contributed by atoms with Gasteiger partial charge in [0, 0.05) is 52.6 Å². The van der Waals surface area contributed by atoms with Gasteiger partial charge < -0.3 is 45.5 Å². The van der Waals surface area contributed by atoms with E-state index in [2.05, 4.69) is 77.1 Å². The lowest BCUT2D eigenvalue weighted by atomic mass is 9.64. The molecule has 1 saturated carbocycles. The van der Waals surface area contributed by atoms with Crippen molar-refractivity contribution >= 4 is 12.0 Å². The van der Waals surface area contributed by atoms with E-state index in [-0.39, 0.29) is 53.5 Å². The molecule has 0 radical (unpaired) electrons. The number of dihydropyridines is 1. The number of likely N-dealkylation sites (N-methyl/N-ethyl adjacent to an activating group) is 1. The van der Waals surface area contributed by atoms with Crippen LogP contribution in [0.2, 0.25) is 0 Å². The summed E-state index contributed by atoms with van der Waals surface area (Å²) < 4.78 is 25.8. The molecule has 1 spiro atoms. The number of nitrogens with one attached hydrogen (secondary N) is 2. The van der Waals surface area contributed by atoms with Gasteiger partial charge in [0.15, 0.2) is 11.5 Å². The fourth-order valence-electron chi connectivity index (χ4n) is 11.4. The molecule has 62 heavy (non-hydrogen) atoms. The van der Waals surface area contributed by atoms with Crippen LogP contribution in [0, 0.1) is 23.7 Å². The lowest BCUT2D eigenvalue weighted by molar-refractivity contribution is -0.141. The highest BCUT2D eigenvalue weighted by Crippen LogP contribution is 2.64. The number of ether oxygens (including phenoxy) is 4. The van der Waals surface area contributed by atoms with E-state index in [1.54, 1.807) is 19.2 Å². The second-order valence-electron chi connectivity index (χ2n) is 17.7. The van der Waals surface area contributed by atoms with Crippen LogP contribution in [0.15, 0.2) is 90.2 Å². The van der Waals surface area contributed by atoms with Crippen LogP contribution in [0.5, 0.6) is 28.7 Å². The quantitative estimate of drug-likeness (QED) is 0.0931. The van der Waals surface area contributed by atoms with E-state index in [0.717, 1.165) is 82.5 Å². The average molecular weight is 832 g/mol. The number of allylic oxidation sites excluding steroid dienone is 3. The van der Waals surface area contributed by atoms with Crippen LogP contribution in [0.25, 0.3) is 17.2 Å². The number of methoxy groups -OCH3 is 1. The maximum atomic E-state index is 12.6. The van der Waals surface area contributed by atoms with Gasteiger partial charge in [-0.1, -0.05) is 66.6 Å². The van der Waals surface area contributed by atoms with Gasteiger partial charge in [-0.3, -0.25) is 4.79 Å². The van der Waals surface area contributed by atoms with Crippen molar-refractivity contribution in [2.24, 2.45) is 17.6 Å². The van der Waals surface area contributed by atoms with Crippen LogP contribution in [-0.4, -0.2) is 55.8 Å². The van der Waals surface area contributed by atoms with Crippen molar-refractivity contribution in [2.45, 2.75) is 81.5 Å². The fraction of sp³-hybridized carbons (Fsp3) is 0.365. The molecule has 0 amide bonds. The summed E-state index contributed by atoms with van der Waals surface area (Å²) in [7, 11) is 3.53. The van der Waals surface area contributed by atoms with Gasteiger partial charge in [-0.05, 0) is 109 Å². The molecular weight excluding hydrogens is 779 g/mol. The number of hydrogen-bond acceptors (Lipinski definition) is 10. The molecule has 4 bridgehead atoms. The van der Waals surface area contributed by atoms with Gasteiger partial charge in [0.25, 0.3) is 0 Å². The number of carbonyl (C=O) groups excluding carboxylic acids is 1. The third-order valence-corrected chi connectivity index (χ3v) is 14.1. The summed E-state index contributed by atoms with van der Waals surface area (Å²) in [5, 5.41) is 29.6. The molecule has 1 unspecified atom stereocenters. The van der Waals surface area contributed by atoms with Crippen LogP contribution in [-0.2, 0) is 34.2 Å². The molecule has 7 atom stereocenters. The van der Waals surface area contributed by atoms with Gasteiger partial charge >= 0.3 is 5.97 Å². The van der Waals surface area contributed by atoms with Gasteiger partial charge in [-0.2, -0.15) is 0 Å². The summed E-state index contributed by atoms with van der Waals surface area (Å²) in [5.41, 5.74) is 17.0. The highest BCUT2D eigenvalue weighted by molar-refractivity contribution is 5.84. The van der Waals surface area contributed by atoms with Gasteiger partial charge in [0.1, 0.15) is 36.6 Å². The van der Waals surface area contributed by atoms with Crippen LogP contribution >= 0.6 is 0 Å².